The minimum atomic E-state index is -0.125. The van der Waals surface area contributed by atoms with Gasteiger partial charge in [-0.1, -0.05) is 351 Å². The summed E-state index contributed by atoms with van der Waals surface area (Å²) < 4.78 is 0. The molecule has 4 aromatic heterocycles. The Morgan fingerprint density at radius 3 is 0.676 bits per heavy atom. The third-order valence-electron chi connectivity index (χ3n) is 26.2. The molecule has 4 radical (unpaired) electrons. The number of hydrogen-bond acceptors (Lipinski definition) is 12. The minimum Gasteiger partial charge on any atom is -0.512 e. The molecule has 16 heteroatoms. The van der Waals surface area contributed by atoms with Crippen molar-refractivity contribution in [3.8, 4) is 45.0 Å². The number of hydrogen-bond donors (Lipinski definition) is 4. The van der Waals surface area contributed by atoms with Crippen LogP contribution < -0.4 is 0 Å². The van der Waals surface area contributed by atoms with Crippen molar-refractivity contribution in [2.24, 2.45) is 59.2 Å². The molecule has 0 saturated heterocycles. The van der Waals surface area contributed by atoms with Crippen LogP contribution in [-0.4, -0.2) is 63.5 Å². The van der Waals surface area contributed by atoms with Crippen molar-refractivity contribution in [3.05, 3.63) is 308 Å². The van der Waals surface area contributed by atoms with Gasteiger partial charge >= 0.3 is 0 Å². The fourth-order valence-electron chi connectivity index (χ4n) is 18.2. The maximum absolute atomic E-state index is 11.0. The molecule has 4 aliphatic carbocycles. The van der Waals surface area contributed by atoms with Crippen LogP contribution in [0.1, 0.15) is 279 Å². The molecule has 0 atom stereocenters. The van der Waals surface area contributed by atoms with Crippen molar-refractivity contribution in [3.63, 3.8) is 0 Å². The molecule has 0 bridgehead atoms. The number of carbonyl (C=O) groups is 4. The first-order valence-corrected chi connectivity index (χ1v) is 51.0. The molecule has 16 rings (SSSR count). The summed E-state index contributed by atoms with van der Waals surface area (Å²) in [5.41, 5.74) is 28.5. The summed E-state index contributed by atoms with van der Waals surface area (Å²) in [5, 5.41) is 41.2. The molecule has 0 amide bonds. The Kier molecular flexibility index (Phi) is 53.8. The van der Waals surface area contributed by atoms with E-state index in [-0.39, 0.29) is 162 Å². The number of aliphatic hydroxyl groups is 4. The Hall–Kier alpha value is -9.16. The van der Waals surface area contributed by atoms with Gasteiger partial charge in [0, 0.05) is 162 Å². The molecule has 8 aromatic carbocycles. The van der Waals surface area contributed by atoms with Gasteiger partial charge in [-0.15, -0.1) is 140 Å². The summed E-state index contributed by atoms with van der Waals surface area (Å²) in [7, 11) is 0. The van der Waals surface area contributed by atoms with Gasteiger partial charge < -0.3 is 20.4 Å². The monoisotopic (exact) mass is 2630 g/mol. The van der Waals surface area contributed by atoms with Crippen molar-refractivity contribution in [2.45, 2.75) is 294 Å². The summed E-state index contributed by atoms with van der Waals surface area (Å²) in [6.45, 7) is 41.7. The van der Waals surface area contributed by atoms with Crippen LogP contribution in [0.3, 0.4) is 0 Å². The number of aromatic nitrogens is 4. The largest absolute Gasteiger partial charge is 0.512 e. The van der Waals surface area contributed by atoms with Gasteiger partial charge in [-0.05, 0) is 132 Å². The molecule has 4 N–H and O–H groups in total. The summed E-state index contributed by atoms with van der Waals surface area (Å²) >= 11 is 0. The second kappa shape index (κ2) is 62.0. The number of benzene rings is 8. The number of aryl methyl sites for hydroxylation is 8. The van der Waals surface area contributed by atoms with E-state index in [0.29, 0.717) is 0 Å². The van der Waals surface area contributed by atoms with Crippen LogP contribution in [-0.2, 0) is 125 Å². The van der Waals surface area contributed by atoms with E-state index in [9.17, 15) is 34.5 Å². The average Bonchev–Trinajstić information content (AvgIpc) is 0.825. The van der Waals surface area contributed by atoms with Crippen LogP contribution in [0.25, 0.3) is 88.6 Å². The van der Waals surface area contributed by atoms with Crippen LogP contribution in [0.2, 0.25) is 0 Å². The molecule has 4 saturated carbocycles. The van der Waals surface area contributed by atoms with E-state index < -0.39 is 0 Å². The van der Waals surface area contributed by atoms with Crippen LogP contribution >= 0.6 is 0 Å². The molecule has 12 aromatic rings. The van der Waals surface area contributed by atoms with E-state index in [1.54, 1.807) is 0 Å². The van der Waals surface area contributed by atoms with E-state index in [0.717, 1.165) is 90.8 Å². The first kappa shape index (κ1) is 123. The molecule has 142 heavy (non-hydrogen) atoms. The zero-order valence-corrected chi connectivity index (χ0v) is 97.9. The Balaban J connectivity index is 0.000000294. The van der Waals surface area contributed by atoms with Gasteiger partial charge in [0.1, 0.15) is 0 Å². The minimum absolute atomic E-state index is 0. The second-order valence-electron chi connectivity index (χ2n) is 41.1. The second-order valence-corrected chi connectivity index (χ2v) is 41.1. The fourth-order valence-corrected chi connectivity index (χ4v) is 18.2. The molecule has 0 unspecified atom stereocenters. The SMILES string of the molecule is CC(=O)C=C(C)O.CC(C)C(=O)C=C(O)C(C)C.CC(C)C(=O)C=C(O)C(C)C.CC(C)C(=O)C=C(O)C(C)C.Cc1[c-]c(-c2ccc3c(CC4CCC4)cccc3n2)cc(C)c1.Cc1[c-]c(-c2ccc3c(CC4CCCC4)cccc3n2)cc(C)c1.Cc1[c-]c(-c2ccc3c(CC4CCCCC4)cccc3n2)cc(C)c1.Cc1[c-]c(-c2ccc3c(CC4CCCCCC4)cccc3n2)cc(C)c1.[Ir].[Ir].[Ir].[Ir]. The van der Waals surface area contributed by atoms with E-state index in [2.05, 4.69) is 250 Å². The summed E-state index contributed by atoms with van der Waals surface area (Å²) in [6, 6.07) is 75.1. The third kappa shape index (κ3) is 40.7. The standard InChI is InChI=1S/C25H28N.C24H26N.C23H24N.C22H22N.3C9H16O2.C5H8O2.4Ir/c1-18-14-19(2)16-22(15-18)24-13-12-23-21(10-7-11-25(23)26-24)17-20-8-5-3-4-6-9-20;1-17-13-18(2)15-21(14-17)23-12-11-22-20(9-6-10-24(22)25-23)16-19-7-4-3-5-8-19;1-16-12-17(2)14-20(13-16)22-11-10-21-19(8-5-9-23(21)24-22)15-18-6-3-4-7-18;1-15-11-16(2)13-19(12-15)21-10-9-20-18(14-17-5-3-6-17)7-4-8-22(20)23-21;3*1-6(2)8(10)5-9(11)7(3)4;1-4(6)3-5(2)7;;;;/h7,10-15,20H,3-6,8-9,17H2,1-2H3;6,9-14,19H,3-5,7-8,16H2,1-2H3;5,8-13,18H,3-4,6-7,15H2,1-2H3;4,7-12,17H,3,5-6,14H2,1-2H3;3*5-7,10H,1-4H3;3,6H,1-2H3;;;;/q4*-1;;;;;;;;. The number of ketones is 4. The smallest absolute Gasteiger partial charge is 0.161 e. The van der Waals surface area contributed by atoms with Crippen LogP contribution in [0.4, 0.5) is 0 Å². The van der Waals surface area contributed by atoms with E-state index >= 15 is 0 Å². The normalized spacial score (nSPS) is 14.2. The van der Waals surface area contributed by atoms with Crippen molar-refractivity contribution >= 4 is 66.7 Å². The predicted octanol–water partition coefficient (Wildman–Crippen LogP) is 32.9. The van der Waals surface area contributed by atoms with Crippen LogP contribution in [0.15, 0.2) is 217 Å². The molecular formula is C126H156Ir4N4O8-4. The number of fused-ring (bicyclic) bond motifs is 4. The summed E-state index contributed by atoms with van der Waals surface area (Å²) in [4.78, 5) is 62.8. The van der Waals surface area contributed by atoms with Gasteiger partial charge in [0.25, 0.3) is 0 Å². The van der Waals surface area contributed by atoms with Gasteiger partial charge in [0.05, 0.1) is 45.1 Å². The van der Waals surface area contributed by atoms with Crippen molar-refractivity contribution in [1.29, 1.82) is 0 Å². The van der Waals surface area contributed by atoms with Crippen LogP contribution in [0.5, 0.6) is 0 Å². The van der Waals surface area contributed by atoms with Gasteiger partial charge in [-0.3, -0.25) is 39.1 Å². The number of rotatable bonds is 22. The molecular weight excluding hydrogens is 2470 g/mol. The molecule has 768 valence electrons. The number of nitrogens with zero attached hydrogens (tertiary/aromatic N) is 4. The van der Waals surface area contributed by atoms with Gasteiger partial charge in [-0.25, -0.2) is 0 Å². The Morgan fingerprint density at radius 2 is 0.500 bits per heavy atom. The molecule has 4 fully saturated rings. The van der Waals surface area contributed by atoms with Gasteiger partial charge in [0.15, 0.2) is 23.1 Å². The number of aliphatic hydroxyl groups excluding tert-OH is 4. The average molecular weight is 2620 g/mol. The number of allylic oxidation sites excluding steroid dienone is 8. The quantitative estimate of drug-likeness (QED) is 0.0217. The maximum atomic E-state index is 11.0. The molecule has 0 aliphatic heterocycles. The van der Waals surface area contributed by atoms with E-state index in [4.69, 9.17) is 25.0 Å². The van der Waals surface area contributed by atoms with Gasteiger partial charge in [-0.2, -0.15) is 0 Å². The predicted molar refractivity (Wildman–Crippen MR) is 577 cm³/mol. The van der Waals surface area contributed by atoms with Gasteiger partial charge in [0.2, 0.25) is 0 Å². The Morgan fingerprint density at radius 1 is 0.289 bits per heavy atom. The molecule has 4 heterocycles. The number of pyridine rings is 4. The molecule has 0 spiro atoms. The summed E-state index contributed by atoms with van der Waals surface area (Å²) in [5.74, 6) is 3.86. The fraction of sp³-hybridized carbons (Fsp3) is 0.429. The van der Waals surface area contributed by atoms with Crippen molar-refractivity contribution in [1.82, 2.24) is 19.9 Å². The number of carbonyl (C=O) groups excluding carboxylic acids is 4. The zero-order chi connectivity index (χ0) is 100. The molecule has 4 aliphatic rings. The third-order valence-corrected chi connectivity index (χ3v) is 26.2. The Labute approximate surface area is 905 Å². The summed E-state index contributed by atoms with van der Waals surface area (Å²) in [6.07, 6.45) is 35.1. The zero-order valence-electron chi connectivity index (χ0n) is 88.3. The van der Waals surface area contributed by atoms with Crippen molar-refractivity contribution in [2.75, 3.05) is 0 Å². The first-order valence-electron chi connectivity index (χ1n) is 51.0. The molecule has 12 nitrogen and oxygen atoms in total. The van der Waals surface area contributed by atoms with E-state index in [1.807, 2.05) is 83.1 Å². The van der Waals surface area contributed by atoms with E-state index in [1.165, 1.54) is 268 Å². The maximum Gasteiger partial charge on any atom is 0.161 e. The Bertz CT molecular complexity index is 6010. The van der Waals surface area contributed by atoms with Crippen molar-refractivity contribution < 1.29 is 120 Å². The first-order chi connectivity index (χ1) is 65.7. The topological polar surface area (TPSA) is 201 Å². The van der Waals surface area contributed by atoms with Crippen LogP contribution in [0, 0.1) is 139 Å².